The van der Waals surface area contributed by atoms with Crippen molar-refractivity contribution in [2.45, 2.75) is 76.6 Å². The molecule has 0 radical (unpaired) electrons. The Balaban J connectivity index is 1.52. The summed E-state index contributed by atoms with van der Waals surface area (Å²) >= 11 is 0. The number of hydrogen-bond acceptors (Lipinski definition) is 4. The minimum absolute atomic E-state index is 0.0233. The SMILES string of the molecule is C[C@@H]1OCC[C@@H]1NC(=O)N1CCCC[C@@H]1c1nnc2n1CCCC2. The fourth-order valence-electron chi connectivity index (χ4n) is 4.18. The van der Waals surface area contributed by atoms with Crippen molar-refractivity contribution in [2.75, 3.05) is 13.2 Å². The zero-order valence-corrected chi connectivity index (χ0v) is 14.4. The van der Waals surface area contributed by atoms with Crippen LogP contribution < -0.4 is 5.32 Å². The summed E-state index contributed by atoms with van der Waals surface area (Å²) < 4.78 is 7.82. The van der Waals surface area contributed by atoms with Gasteiger partial charge < -0.3 is 19.5 Å². The van der Waals surface area contributed by atoms with Gasteiger partial charge in [-0.25, -0.2) is 4.79 Å². The van der Waals surface area contributed by atoms with E-state index in [9.17, 15) is 4.79 Å². The number of rotatable bonds is 2. The number of amides is 2. The second-order valence-electron chi connectivity index (χ2n) is 7.21. The van der Waals surface area contributed by atoms with E-state index in [0.29, 0.717) is 0 Å². The van der Waals surface area contributed by atoms with Gasteiger partial charge in [0.25, 0.3) is 0 Å². The summed E-state index contributed by atoms with van der Waals surface area (Å²) in [5.41, 5.74) is 0. The zero-order valence-electron chi connectivity index (χ0n) is 14.4. The molecule has 132 valence electrons. The number of ether oxygens (including phenoxy) is 1. The standard InChI is InChI=1S/C17H27N5O2/c1-12-13(8-11-24-12)18-17(23)21-9-4-2-6-14(21)16-20-19-15-7-3-5-10-22(15)16/h12-14H,2-11H2,1H3,(H,18,23)/t12-,13-,14+/m0/s1. The maximum atomic E-state index is 12.9. The number of hydrogen-bond donors (Lipinski definition) is 1. The highest BCUT2D eigenvalue weighted by Gasteiger charge is 2.35. The lowest BCUT2D eigenvalue weighted by Gasteiger charge is -2.36. The van der Waals surface area contributed by atoms with Gasteiger partial charge >= 0.3 is 6.03 Å². The van der Waals surface area contributed by atoms with Crippen LogP contribution in [0, 0.1) is 0 Å². The van der Waals surface area contributed by atoms with Crippen molar-refractivity contribution in [3.05, 3.63) is 11.6 Å². The quantitative estimate of drug-likeness (QED) is 0.899. The van der Waals surface area contributed by atoms with Gasteiger partial charge in [0.15, 0.2) is 5.82 Å². The molecule has 0 unspecified atom stereocenters. The molecule has 2 saturated heterocycles. The van der Waals surface area contributed by atoms with E-state index >= 15 is 0 Å². The second-order valence-corrected chi connectivity index (χ2v) is 7.21. The maximum absolute atomic E-state index is 12.9. The number of carbonyl (C=O) groups is 1. The van der Waals surface area contributed by atoms with Crippen molar-refractivity contribution in [2.24, 2.45) is 0 Å². The Bertz CT molecular complexity index is 602. The van der Waals surface area contributed by atoms with Gasteiger partial charge in [-0.05, 0) is 45.4 Å². The Labute approximate surface area is 142 Å². The lowest BCUT2D eigenvalue weighted by atomic mass is 10.0. The third-order valence-corrected chi connectivity index (χ3v) is 5.63. The molecule has 0 spiro atoms. The van der Waals surface area contributed by atoms with E-state index in [4.69, 9.17) is 4.74 Å². The summed E-state index contributed by atoms with van der Waals surface area (Å²) in [4.78, 5) is 14.8. The van der Waals surface area contributed by atoms with Gasteiger partial charge in [0, 0.05) is 26.1 Å². The van der Waals surface area contributed by atoms with Gasteiger partial charge in [0.2, 0.25) is 0 Å². The number of fused-ring (bicyclic) bond motifs is 1. The molecule has 0 aromatic carbocycles. The minimum Gasteiger partial charge on any atom is -0.376 e. The van der Waals surface area contributed by atoms with Gasteiger partial charge in [0.1, 0.15) is 5.82 Å². The Morgan fingerprint density at radius 3 is 2.88 bits per heavy atom. The molecule has 2 fully saturated rings. The van der Waals surface area contributed by atoms with Gasteiger partial charge in [-0.15, -0.1) is 10.2 Å². The molecule has 24 heavy (non-hydrogen) atoms. The highest BCUT2D eigenvalue weighted by molar-refractivity contribution is 5.75. The summed E-state index contributed by atoms with van der Waals surface area (Å²) in [6, 6.07) is 0.193. The summed E-state index contributed by atoms with van der Waals surface area (Å²) in [6.07, 6.45) is 7.52. The molecule has 3 aliphatic heterocycles. The summed E-state index contributed by atoms with van der Waals surface area (Å²) in [7, 11) is 0. The van der Waals surface area contributed by atoms with Gasteiger partial charge in [0.05, 0.1) is 18.2 Å². The molecule has 7 heteroatoms. The predicted molar refractivity (Wildman–Crippen MR) is 88.6 cm³/mol. The highest BCUT2D eigenvalue weighted by Crippen LogP contribution is 2.31. The third kappa shape index (κ3) is 2.90. The fourth-order valence-corrected chi connectivity index (χ4v) is 4.18. The maximum Gasteiger partial charge on any atom is 0.318 e. The van der Waals surface area contributed by atoms with E-state index in [1.807, 2.05) is 11.8 Å². The summed E-state index contributed by atoms with van der Waals surface area (Å²) in [6.45, 7) is 4.53. The van der Waals surface area contributed by atoms with Gasteiger partial charge in [-0.2, -0.15) is 0 Å². The Hall–Kier alpha value is -1.63. The van der Waals surface area contributed by atoms with Crippen molar-refractivity contribution in [3.63, 3.8) is 0 Å². The van der Waals surface area contributed by atoms with Gasteiger partial charge in [-0.3, -0.25) is 0 Å². The number of carbonyl (C=O) groups excluding carboxylic acids is 1. The molecule has 0 bridgehead atoms. The molecule has 4 heterocycles. The monoisotopic (exact) mass is 333 g/mol. The van der Waals surface area contributed by atoms with Crippen LogP contribution in [-0.2, 0) is 17.7 Å². The first kappa shape index (κ1) is 15.9. The molecular formula is C17H27N5O2. The lowest BCUT2D eigenvalue weighted by molar-refractivity contribution is 0.106. The van der Waals surface area contributed by atoms with E-state index in [1.165, 1.54) is 12.8 Å². The number of nitrogens with one attached hydrogen (secondary N) is 1. The first-order valence-corrected chi connectivity index (χ1v) is 9.35. The van der Waals surface area contributed by atoms with Crippen molar-refractivity contribution < 1.29 is 9.53 Å². The van der Waals surface area contributed by atoms with Crippen LogP contribution in [0.5, 0.6) is 0 Å². The Morgan fingerprint density at radius 1 is 1.17 bits per heavy atom. The molecule has 4 rings (SSSR count). The Kier molecular flexibility index (Phi) is 4.43. The summed E-state index contributed by atoms with van der Waals surface area (Å²) in [5.74, 6) is 2.07. The molecule has 3 aliphatic rings. The van der Waals surface area contributed by atoms with Crippen molar-refractivity contribution in [3.8, 4) is 0 Å². The molecule has 0 saturated carbocycles. The van der Waals surface area contributed by atoms with Crippen LogP contribution in [0.15, 0.2) is 0 Å². The topological polar surface area (TPSA) is 72.3 Å². The normalized spacial score (nSPS) is 30.2. The molecule has 0 aliphatic carbocycles. The second kappa shape index (κ2) is 6.70. The summed E-state index contributed by atoms with van der Waals surface area (Å²) in [5, 5.41) is 12.0. The molecular weight excluding hydrogens is 306 g/mol. The van der Waals surface area contributed by atoms with E-state index < -0.39 is 0 Å². The largest absolute Gasteiger partial charge is 0.376 e. The van der Waals surface area contributed by atoms with E-state index in [0.717, 1.165) is 63.4 Å². The van der Waals surface area contributed by atoms with E-state index in [1.54, 1.807) is 0 Å². The lowest BCUT2D eigenvalue weighted by Crippen LogP contribution is -2.50. The molecule has 1 aromatic rings. The fraction of sp³-hybridized carbons (Fsp3) is 0.824. The number of piperidine rings is 1. The first-order chi connectivity index (χ1) is 11.7. The minimum atomic E-state index is 0.0233. The smallest absolute Gasteiger partial charge is 0.318 e. The van der Waals surface area contributed by atoms with Crippen LogP contribution in [0.1, 0.15) is 63.1 Å². The number of nitrogens with zero attached hydrogens (tertiary/aromatic N) is 4. The number of urea groups is 1. The predicted octanol–water partition coefficient (Wildman–Crippen LogP) is 2.03. The average Bonchev–Trinajstić information content (AvgIpc) is 3.21. The van der Waals surface area contributed by atoms with Crippen LogP contribution in [0.3, 0.4) is 0 Å². The zero-order chi connectivity index (χ0) is 16.5. The Morgan fingerprint density at radius 2 is 2.04 bits per heavy atom. The van der Waals surface area contributed by atoms with E-state index in [-0.39, 0.29) is 24.2 Å². The van der Waals surface area contributed by atoms with Crippen LogP contribution in [0.4, 0.5) is 4.79 Å². The third-order valence-electron chi connectivity index (χ3n) is 5.63. The van der Waals surface area contributed by atoms with Crippen LogP contribution in [0.25, 0.3) is 0 Å². The van der Waals surface area contributed by atoms with Crippen LogP contribution in [0.2, 0.25) is 0 Å². The average molecular weight is 333 g/mol. The number of aromatic nitrogens is 3. The number of aryl methyl sites for hydroxylation is 1. The molecule has 1 aromatic heterocycles. The van der Waals surface area contributed by atoms with Crippen LogP contribution >= 0.6 is 0 Å². The molecule has 1 N–H and O–H groups in total. The molecule has 7 nitrogen and oxygen atoms in total. The number of likely N-dealkylation sites (tertiary alicyclic amines) is 1. The van der Waals surface area contributed by atoms with Crippen molar-refractivity contribution >= 4 is 6.03 Å². The highest BCUT2D eigenvalue weighted by atomic mass is 16.5. The van der Waals surface area contributed by atoms with Crippen molar-refractivity contribution in [1.29, 1.82) is 0 Å². The molecule has 2 amide bonds. The van der Waals surface area contributed by atoms with Crippen molar-refractivity contribution in [1.82, 2.24) is 25.0 Å². The molecule has 3 atom stereocenters. The van der Waals surface area contributed by atoms with Crippen LogP contribution in [-0.4, -0.2) is 51.0 Å². The van der Waals surface area contributed by atoms with E-state index in [2.05, 4.69) is 20.1 Å². The van der Waals surface area contributed by atoms with Gasteiger partial charge in [-0.1, -0.05) is 0 Å². The first-order valence-electron chi connectivity index (χ1n) is 9.35.